The van der Waals surface area contributed by atoms with Crippen molar-refractivity contribution in [2.75, 3.05) is 26.9 Å². The molecule has 1 amide bonds. The SMILES string of the molecule is CCOCC(=O)N1CCCC[C@@H]1c1ncc(Cc2cccc(OC)c2)o1. The minimum absolute atomic E-state index is 0.00379. The molecule has 1 aliphatic heterocycles. The van der Waals surface area contributed by atoms with Crippen molar-refractivity contribution in [3.05, 3.63) is 47.7 Å². The summed E-state index contributed by atoms with van der Waals surface area (Å²) in [6.07, 6.45) is 5.35. The summed E-state index contributed by atoms with van der Waals surface area (Å²) in [7, 11) is 1.66. The highest BCUT2D eigenvalue weighted by molar-refractivity contribution is 5.78. The summed E-state index contributed by atoms with van der Waals surface area (Å²) >= 11 is 0. The van der Waals surface area contributed by atoms with Gasteiger partial charge in [-0.1, -0.05) is 12.1 Å². The van der Waals surface area contributed by atoms with Gasteiger partial charge in [-0.2, -0.15) is 0 Å². The van der Waals surface area contributed by atoms with Gasteiger partial charge in [-0.3, -0.25) is 4.79 Å². The van der Waals surface area contributed by atoms with Crippen molar-refractivity contribution in [3.8, 4) is 5.75 Å². The number of nitrogens with zero attached hydrogens (tertiary/aromatic N) is 2. The van der Waals surface area contributed by atoms with Crippen LogP contribution in [0.3, 0.4) is 0 Å². The van der Waals surface area contributed by atoms with Crippen LogP contribution in [0.1, 0.15) is 49.4 Å². The Morgan fingerprint density at radius 3 is 3.08 bits per heavy atom. The van der Waals surface area contributed by atoms with Crippen LogP contribution >= 0.6 is 0 Å². The largest absolute Gasteiger partial charge is 0.497 e. The van der Waals surface area contributed by atoms with E-state index in [1.54, 1.807) is 13.3 Å². The van der Waals surface area contributed by atoms with Crippen molar-refractivity contribution in [2.45, 2.75) is 38.6 Å². The molecule has 0 aliphatic carbocycles. The van der Waals surface area contributed by atoms with Crippen LogP contribution < -0.4 is 4.74 Å². The molecule has 1 fully saturated rings. The minimum atomic E-state index is -0.101. The number of rotatable bonds is 7. The van der Waals surface area contributed by atoms with Crippen LogP contribution in [0.4, 0.5) is 0 Å². The van der Waals surface area contributed by atoms with E-state index in [-0.39, 0.29) is 18.6 Å². The number of amides is 1. The molecule has 2 aromatic rings. The van der Waals surface area contributed by atoms with E-state index in [4.69, 9.17) is 13.9 Å². The van der Waals surface area contributed by atoms with Gasteiger partial charge in [-0.25, -0.2) is 4.98 Å². The lowest BCUT2D eigenvalue weighted by Gasteiger charge is -2.33. The van der Waals surface area contributed by atoms with Crippen LogP contribution in [0, 0.1) is 0 Å². The first-order chi connectivity index (χ1) is 12.7. The standard InChI is InChI=1S/C20H26N2O4/c1-3-25-14-19(23)22-10-5-4-9-18(22)20-21-13-17(26-20)12-15-7-6-8-16(11-15)24-2/h6-8,11,13,18H,3-5,9-10,12,14H2,1-2H3/t18-/m1/s1. The first kappa shape index (κ1) is 18.5. The van der Waals surface area contributed by atoms with E-state index in [0.717, 1.165) is 42.9 Å². The summed E-state index contributed by atoms with van der Waals surface area (Å²) in [5.74, 6) is 2.23. The van der Waals surface area contributed by atoms with Crippen molar-refractivity contribution in [1.29, 1.82) is 0 Å². The number of oxazole rings is 1. The molecule has 0 unspecified atom stereocenters. The number of benzene rings is 1. The molecule has 0 N–H and O–H groups in total. The first-order valence-electron chi connectivity index (χ1n) is 9.16. The molecule has 140 valence electrons. The number of carbonyl (C=O) groups excluding carboxylic acids is 1. The Morgan fingerprint density at radius 1 is 1.38 bits per heavy atom. The Bertz CT molecular complexity index is 728. The van der Waals surface area contributed by atoms with Crippen LogP contribution in [-0.2, 0) is 16.0 Å². The maximum absolute atomic E-state index is 12.4. The topological polar surface area (TPSA) is 64.8 Å². The van der Waals surface area contributed by atoms with Gasteiger partial charge in [-0.15, -0.1) is 0 Å². The zero-order valence-electron chi connectivity index (χ0n) is 15.4. The Labute approximate surface area is 154 Å². The van der Waals surface area contributed by atoms with Crippen LogP contribution in [0.2, 0.25) is 0 Å². The van der Waals surface area contributed by atoms with Crippen molar-refractivity contribution >= 4 is 5.91 Å². The molecular weight excluding hydrogens is 332 g/mol. The third-order valence-corrected chi connectivity index (χ3v) is 4.62. The molecular formula is C20H26N2O4. The van der Waals surface area contributed by atoms with E-state index in [1.165, 1.54) is 0 Å². The summed E-state index contributed by atoms with van der Waals surface area (Å²) in [6, 6.07) is 7.79. The number of piperidine rings is 1. The van der Waals surface area contributed by atoms with Crippen molar-refractivity contribution in [1.82, 2.24) is 9.88 Å². The molecule has 6 heteroatoms. The molecule has 2 heterocycles. The van der Waals surface area contributed by atoms with Crippen LogP contribution in [0.25, 0.3) is 0 Å². The van der Waals surface area contributed by atoms with Crippen LogP contribution in [0.5, 0.6) is 5.75 Å². The fraction of sp³-hybridized carbons (Fsp3) is 0.500. The van der Waals surface area contributed by atoms with Crippen molar-refractivity contribution < 1.29 is 18.7 Å². The van der Waals surface area contributed by atoms with Crippen LogP contribution in [-0.4, -0.2) is 42.7 Å². The van der Waals surface area contributed by atoms with Gasteiger partial charge >= 0.3 is 0 Å². The highest BCUT2D eigenvalue weighted by Gasteiger charge is 2.31. The summed E-state index contributed by atoms with van der Waals surface area (Å²) in [5, 5.41) is 0. The number of aromatic nitrogens is 1. The van der Waals surface area contributed by atoms with Gasteiger partial charge in [0.15, 0.2) is 0 Å². The third kappa shape index (κ3) is 4.43. The van der Waals surface area contributed by atoms with E-state index in [0.29, 0.717) is 18.9 Å². The maximum atomic E-state index is 12.4. The van der Waals surface area contributed by atoms with Crippen molar-refractivity contribution in [2.24, 2.45) is 0 Å². The second-order valence-electron chi connectivity index (χ2n) is 6.43. The molecule has 0 bridgehead atoms. The molecule has 0 spiro atoms. The normalized spacial score (nSPS) is 17.3. The Morgan fingerprint density at radius 2 is 2.27 bits per heavy atom. The number of carbonyl (C=O) groups is 1. The number of ether oxygens (including phenoxy) is 2. The van der Waals surface area contributed by atoms with Crippen LogP contribution in [0.15, 0.2) is 34.9 Å². The fourth-order valence-electron chi connectivity index (χ4n) is 3.30. The number of hydrogen-bond donors (Lipinski definition) is 0. The molecule has 1 aromatic carbocycles. The van der Waals surface area contributed by atoms with Gasteiger partial charge in [0.1, 0.15) is 24.2 Å². The quantitative estimate of drug-likeness (QED) is 0.759. The average Bonchev–Trinajstić information content (AvgIpc) is 3.14. The fourth-order valence-corrected chi connectivity index (χ4v) is 3.30. The maximum Gasteiger partial charge on any atom is 0.249 e. The average molecular weight is 358 g/mol. The monoisotopic (exact) mass is 358 g/mol. The summed E-state index contributed by atoms with van der Waals surface area (Å²) in [4.78, 5) is 18.7. The van der Waals surface area contributed by atoms with E-state index < -0.39 is 0 Å². The van der Waals surface area contributed by atoms with E-state index in [1.807, 2.05) is 36.1 Å². The minimum Gasteiger partial charge on any atom is -0.497 e. The molecule has 1 saturated heterocycles. The zero-order chi connectivity index (χ0) is 18.4. The third-order valence-electron chi connectivity index (χ3n) is 4.62. The van der Waals surface area contributed by atoms with Gasteiger partial charge in [-0.05, 0) is 43.9 Å². The van der Waals surface area contributed by atoms with Gasteiger partial charge in [0.05, 0.1) is 13.3 Å². The molecule has 0 radical (unpaired) electrons. The lowest BCUT2D eigenvalue weighted by atomic mass is 10.0. The predicted molar refractivity (Wildman–Crippen MR) is 97.1 cm³/mol. The Balaban J connectivity index is 1.71. The zero-order valence-corrected chi connectivity index (χ0v) is 15.4. The Hall–Kier alpha value is -2.34. The number of hydrogen-bond acceptors (Lipinski definition) is 5. The van der Waals surface area contributed by atoms with E-state index in [9.17, 15) is 4.79 Å². The smallest absolute Gasteiger partial charge is 0.249 e. The summed E-state index contributed by atoms with van der Waals surface area (Å²) in [6.45, 7) is 3.27. The lowest BCUT2D eigenvalue weighted by Crippen LogP contribution is -2.40. The highest BCUT2D eigenvalue weighted by atomic mass is 16.5. The van der Waals surface area contributed by atoms with E-state index in [2.05, 4.69) is 4.98 Å². The summed E-state index contributed by atoms with van der Waals surface area (Å²) in [5.41, 5.74) is 1.10. The lowest BCUT2D eigenvalue weighted by molar-refractivity contribution is -0.140. The molecule has 1 aliphatic rings. The number of methoxy groups -OCH3 is 1. The molecule has 6 nitrogen and oxygen atoms in total. The van der Waals surface area contributed by atoms with Gasteiger partial charge < -0.3 is 18.8 Å². The summed E-state index contributed by atoms with van der Waals surface area (Å²) < 4.78 is 16.5. The second kappa shape index (κ2) is 8.85. The molecule has 3 rings (SSSR count). The number of likely N-dealkylation sites (tertiary alicyclic amines) is 1. The first-order valence-corrected chi connectivity index (χ1v) is 9.16. The molecule has 1 aromatic heterocycles. The van der Waals surface area contributed by atoms with Crippen molar-refractivity contribution in [3.63, 3.8) is 0 Å². The van der Waals surface area contributed by atoms with E-state index >= 15 is 0 Å². The Kier molecular flexibility index (Phi) is 6.28. The highest BCUT2D eigenvalue weighted by Crippen LogP contribution is 2.31. The van der Waals surface area contributed by atoms with Gasteiger partial charge in [0, 0.05) is 19.6 Å². The molecule has 0 saturated carbocycles. The van der Waals surface area contributed by atoms with Gasteiger partial charge in [0.2, 0.25) is 11.8 Å². The second-order valence-corrected chi connectivity index (χ2v) is 6.43. The molecule has 26 heavy (non-hydrogen) atoms. The van der Waals surface area contributed by atoms with Gasteiger partial charge in [0.25, 0.3) is 0 Å². The molecule has 1 atom stereocenters. The predicted octanol–water partition coefficient (Wildman–Crippen LogP) is 3.36.